The third-order valence-electron chi connectivity index (χ3n) is 2.16. The average Bonchev–Trinajstić information content (AvgIpc) is 1.81. The van der Waals surface area contributed by atoms with E-state index in [-0.39, 0.29) is 6.42 Å². The van der Waals surface area contributed by atoms with Crippen LogP contribution in [0, 0.1) is 5.92 Å². The molecule has 1 aliphatic carbocycles. The van der Waals surface area contributed by atoms with Crippen LogP contribution in [0.25, 0.3) is 0 Å². The van der Waals surface area contributed by atoms with Crippen LogP contribution in [0.2, 0.25) is 0 Å². The van der Waals surface area contributed by atoms with Gasteiger partial charge in [0.2, 0.25) is 0 Å². The molecule has 1 fully saturated rings. The van der Waals surface area contributed by atoms with Crippen molar-refractivity contribution in [2.45, 2.75) is 38.1 Å². The molecule has 60 valence electrons. The minimum Gasteiger partial charge on any atom is -0.388 e. The Labute approximate surface area is 60.3 Å². The molecular formula is C7H14O3. The molecule has 2 unspecified atom stereocenters. The third-order valence-corrected chi connectivity index (χ3v) is 2.16. The third kappa shape index (κ3) is 1.48. The monoisotopic (exact) mass is 146 g/mol. The predicted octanol–water partition coefficient (Wildman–Crippen LogP) is -0.152. The van der Waals surface area contributed by atoms with Crippen LogP contribution in [-0.2, 0) is 0 Å². The van der Waals surface area contributed by atoms with Crippen molar-refractivity contribution < 1.29 is 15.3 Å². The Morgan fingerprint density at radius 2 is 2.00 bits per heavy atom. The molecule has 1 aliphatic rings. The lowest BCUT2D eigenvalue weighted by molar-refractivity contribution is -0.245. The Morgan fingerprint density at radius 3 is 2.40 bits per heavy atom. The first-order valence-electron chi connectivity index (χ1n) is 3.65. The van der Waals surface area contributed by atoms with Crippen LogP contribution in [0.15, 0.2) is 0 Å². The maximum absolute atomic E-state index is 9.11. The molecule has 0 radical (unpaired) electrons. The van der Waals surface area contributed by atoms with Crippen molar-refractivity contribution in [3.05, 3.63) is 0 Å². The Hall–Kier alpha value is -0.120. The highest BCUT2D eigenvalue weighted by Crippen LogP contribution is 2.29. The van der Waals surface area contributed by atoms with Crippen molar-refractivity contribution in [1.29, 1.82) is 0 Å². The lowest BCUT2D eigenvalue weighted by Gasteiger charge is -2.34. The van der Waals surface area contributed by atoms with Gasteiger partial charge < -0.3 is 15.3 Å². The lowest BCUT2D eigenvalue weighted by atomic mass is 9.84. The summed E-state index contributed by atoms with van der Waals surface area (Å²) in [7, 11) is 0. The van der Waals surface area contributed by atoms with Gasteiger partial charge in [-0.25, -0.2) is 0 Å². The molecule has 0 aromatic heterocycles. The smallest absolute Gasteiger partial charge is 0.189 e. The van der Waals surface area contributed by atoms with Gasteiger partial charge in [0.25, 0.3) is 0 Å². The SMILES string of the molecule is CC1CCC(O)(O)C(O)C1. The summed E-state index contributed by atoms with van der Waals surface area (Å²) in [6.45, 7) is 2.00. The van der Waals surface area contributed by atoms with E-state index in [4.69, 9.17) is 15.3 Å². The molecule has 0 spiro atoms. The van der Waals surface area contributed by atoms with Gasteiger partial charge in [-0.05, 0) is 18.8 Å². The summed E-state index contributed by atoms with van der Waals surface area (Å²) in [5.41, 5.74) is 0. The number of hydrogen-bond donors (Lipinski definition) is 3. The van der Waals surface area contributed by atoms with Crippen LogP contribution in [0.4, 0.5) is 0 Å². The van der Waals surface area contributed by atoms with Crippen molar-refractivity contribution in [3.8, 4) is 0 Å². The molecule has 3 heteroatoms. The van der Waals surface area contributed by atoms with E-state index in [0.717, 1.165) is 6.42 Å². The van der Waals surface area contributed by atoms with Crippen molar-refractivity contribution in [1.82, 2.24) is 0 Å². The van der Waals surface area contributed by atoms with Gasteiger partial charge in [-0.1, -0.05) is 6.92 Å². The topological polar surface area (TPSA) is 60.7 Å². The minimum absolute atomic E-state index is 0.287. The second kappa shape index (κ2) is 2.49. The number of hydrogen-bond acceptors (Lipinski definition) is 3. The molecule has 0 aliphatic heterocycles. The first-order chi connectivity index (χ1) is 4.52. The Bertz CT molecular complexity index is 122. The zero-order valence-electron chi connectivity index (χ0n) is 6.12. The molecule has 0 heterocycles. The molecule has 0 aromatic carbocycles. The molecule has 2 atom stereocenters. The largest absolute Gasteiger partial charge is 0.388 e. The van der Waals surface area contributed by atoms with E-state index in [1.165, 1.54) is 0 Å². The molecule has 3 N–H and O–H groups in total. The Kier molecular flexibility index (Phi) is 1.99. The molecule has 0 saturated heterocycles. The van der Waals surface area contributed by atoms with Gasteiger partial charge in [-0.3, -0.25) is 0 Å². The molecule has 0 aromatic rings. The zero-order valence-corrected chi connectivity index (χ0v) is 6.12. The van der Waals surface area contributed by atoms with Gasteiger partial charge in [0, 0.05) is 6.42 Å². The number of aliphatic hydroxyl groups is 3. The Morgan fingerprint density at radius 1 is 1.40 bits per heavy atom. The van der Waals surface area contributed by atoms with E-state index in [1.54, 1.807) is 0 Å². The fourth-order valence-electron chi connectivity index (χ4n) is 1.31. The summed E-state index contributed by atoms with van der Waals surface area (Å²) in [5, 5.41) is 27.2. The highest BCUT2D eigenvalue weighted by Gasteiger charge is 2.37. The summed E-state index contributed by atoms with van der Waals surface area (Å²) in [4.78, 5) is 0. The van der Waals surface area contributed by atoms with Gasteiger partial charge in [0.15, 0.2) is 5.79 Å². The van der Waals surface area contributed by atoms with Crippen molar-refractivity contribution in [2.75, 3.05) is 0 Å². The van der Waals surface area contributed by atoms with E-state index in [1.807, 2.05) is 6.92 Å². The second-order valence-corrected chi connectivity index (χ2v) is 3.27. The Balaban J connectivity index is 2.52. The molecule has 1 saturated carbocycles. The zero-order chi connectivity index (χ0) is 7.78. The summed E-state index contributed by atoms with van der Waals surface area (Å²) >= 11 is 0. The molecule has 0 amide bonds. The fourth-order valence-corrected chi connectivity index (χ4v) is 1.31. The van der Waals surface area contributed by atoms with Crippen LogP contribution in [0.1, 0.15) is 26.2 Å². The maximum atomic E-state index is 9.11. The quantitative estimate of drug-likeness (QED) is 0.416. The minimum atomic E-state index is -1.83. The molecule has 3 nitrogen and oxygen atoms in total. The van der Waals surface area contributed by atoms with Crippen molar-refractivity contribution in [2.24, 2.45) is 5.92 Å². The van der Waals surface area contributed by atoms with Crippen LogP contribution < -0.4 is 0 Å². The predicted molar refractivity (Wildman–Crippen MR) is 36.2 cm³/mol. The summed E-state index contributed by atoms with van der Waals surface area (Å²) in [6, 6.07) is 0. The van der Waals surface area contributed by atoms with E-state index < -0.39 is 11.9 Å². The van der Waals surface area contributed by atoms with E-state index in [0.29, 0.717) is 12.3 Å². The molecular weight excluding hydrogens is 132 g/mol. The first kappa shape index (κ1) is 7.98. The summed E-state index contributed by atoms with van der Waals surface area (Å²) in [6.07, 6.45) is 0.600. The van der Waals surface area contributed by atoms with Gasteiger partial charge in [-0.15, -0.1) is 0 Å². The van der Waals surface area contributed by atoms with E-state index in [9.17, 15) is 0 Å². The van der Waals surface area contributed by atoms with Crippen molar-refractivity contribution >= 4 is 0 Å². The highest BCUT2D eigenvalue weighted by atomic mass is 16.5. The maximum Gasteiger partial charge on any atom is 0.189 e. The summed E-state index contributed by atoms with van der Waals surface area (Å²) in [5.74, 6) is -1.42. The van der Waals surface area contributed by atoms with Crippen LogP contribution in [0.5, 0.6) is 0 Å². The molecule has 0 bridgehead atoms. The summed E-state index contributed by atoms with van der Waals surface area (Å²) < 4.78 is 0. The highest BCUT2D eigenvalue weighted by molar-refractivity contribution is 4.82. The molecule has 10 heavy (non-hydrogen) atoms. The normalized spacial score (nSPS) is 39.6. The van der Waals surface area contributed by atoms with Gasteiger partial charge in [0.05, 0.1) is 0 Å². The van der Waals surface area contributed by atoms with Gasteiger partial charge in [0.1, 0.15) is 6.10 Å². The molecule has 1 rings (SSSR count). The lowest BCUT2D eigenvalue weighted by Crippen LogP contribution is -2.46. The van der Waals surface area contributed by atoms with E-state index >= 15 is 0 Å². The fraction of sp³-hybridized carbons (Fsp3) is 1.00. The van der Waals surface area contributed by atoms with Gasteiger partial charge >= 0.3 is 0 Å². The van der Waals surface area contributed by atoms with Crippen LogP contribution in [0.3, 0.4) is 0 Å². The van der Waals surface area contributed by atoms with E-state index in [2.05, 4.69) is 0 Å². The second-order valence-electron chi connectivity index (χ2n) is 3.27. The van der Waals surface area contributed by atoms with Gasteiger partial charge in [-0.2, -0.15) is 0 Å². The number of aliphatic hydroxyl groups excluding tert-OH is 1. The number of rotatable bonds is 0. The van der Waals surface area contributed by atoms with Crippen molar-refractivity contribution in [3.63, 3.8) is 0 Å². The first-order valence-corrected chi connectivity index (χ1v) is 3.65. The average molecular weight is 146 g/mol. The van der Waals surface area contributed by atoms with Crippen LogP contribution >= 0.6 is 0 Å². The van der Waals surface area contributed by atoms with Crippen LogP contribution in [-0.4, -0.2) is 27.2 Å². The standard InChI is InChI=1S/C7H14O3/c1-5-2-3-7(9,10)6(8)4-5/h5-6,8-10H,2-4H2,1H3.